The minimum Gasteiger partial charge on any atom is -0.298 e. The molecule has 0 fully saturated rings. The van der Waals surface area contributed by atoms with Crippen LogP contribution in [0.1, 0.15) is 54.4 Å². The minimum atomic E-state index is 0.397. The van der Waals surface area contributed by atoms with Crippen LogP contribution < -0.4 is 0 Å². The quantitative estimate of drug-likeness (QED) is 0.633. The van der Waals surface area contributed by atoms with Gasteiger partial charge in [-0.05, 0) is 39.7 Å². The molecule has 0 atom stereocenters. The van der Waals surface area contributed by atoms with Gasteiger partial charge in [-0.15, -0.1) is 0 Å². The molecule has 0 bridgehead atoms. The summed E-state index contributed by atoms with van der Waals surface area (Å²) in [6.07, 6.45) is 2.49. The van der Waals surface area contributed by atoms with Gasteiger partial charge in [-0.1, -0.05) is 27.7 Å². The van der Waals surface area contributed by atoms with Crippen LogP contribution >= 0.6 is 0 Å². The van der Waals surface area contributed by atoms with E-state index in [4.69, 9.17) is 0 Å². The van der Waals surface area contributed by atoms with Gasteiger partial charge >= 0.3 is 0 Å². The molecule has 0 saturated carbocycles. The third-order valence-electron chi connectivity index (χ3n) is 3.78. The summed E-state index contributed by atoms with van der Waals surface area (Å²) in [5, 5.41) is 0. The lowest BCUT2D eigenvalue weighted by atomic mass is 9.79. The standard InChI is InChI=1S/C12H27N/c1-8-12(9-2,10(3)4)13(7)11(5)6/h10-11H,8-9H2,1-7H3. The first kappa shape index (κ1) is 13.0. The summed E-state index contributed by atoms with van der Waals surface area (Å²) in [7, 11) is 2.26. The summed E-state index contributed by atoms with van der Waals surface area (Å²) in [4.78, 5) is 2.54. The van der Waals surface area contributed by atoms with Gasteiger partial charge in [0.1, 0.15) is 0 Å². The van der Waals surface area contributed by atoms with Gasteiger partial charge in [0.05, 0.1) is 0 Å². The molecular weight excluding hydrogens is 158 g/mol. The van der Waals surface area contributed by atoms with Crippen LogP contribution in [-0.2, 0) is 0 Å². The molecule has 80 valence electrons. The molecule has 0 aromatic carbocycles. The van der Waals surface area contributed by atoms with Gasteiger partial charge in [0, 0.05) is 11.6 Å². The highest BCUT2D eigenvalue weighted by Crippen LogP contribution is 2.32. The van der Waals surface area contributed by atoms with Crippen LogP contribution in [0.5, 0.6) is 0 Å². The molecule has 0 unspecified atom stereocenters. The van der Waals surface area contributed by atoms with E-state index >= 15 is 0 Å². The predicted molar refractivity (Wildman–Crippen MR) is 61.1 cm³/mol. The van der Waals surface area contributed by atoms with Gasteiger partial charge in [0.25, 0.3) is 0 Å². The molecular formula is C12H27N. The lowest BCUT2D eigenvalue weighted by Gasteiger charge is -2.46. The van der Waals surface area contributed by atoms with Crippen molar-refractivity contribution in [3.8, 4) is 0 Å². The minimum absolute atomic E-state index is 0.397. The molecule has 0 aliphatic heterocycles. The third kappa shape index (κ3) is 2.46. The summed E-state index contributed by atoms with van der Waals surface area (Å²) in [5.41, 5.74) is 0.397. The fraction of sp³-hybridized carbons (Fsp3) is 1.00. The Morgan fingerprint density at radius 1 is 1.00 bits per heavy atom. The summed E-state index contributed by atoms with van der Waals surface area (Å²) < 4.78 is 0. The van der Waals surface area contributed by atoms with Crippen molar-refractivity contribution >= 4 is 0 Å². The van der Waals surface area contributed by atoms with Gasteiger partial charge in [-0.25, -0.2) is 0 Å². The van der Waals surface area contributed by atoms with Crippen molar-refractivity contribution < 1.29 is 0 Å². The van der Waals surface area contributed by atoms with Gasteiger partial charge in [-0.3, -0.25) is 4.90 Å². The SMILES string of the molecule is CCC(CC)(C(C)C)N(C)C(C)C. The highest BCUT2D eigenvalue weighted by atomic mass is 15.2. The second kappa shape index (κ2) is 4.99. The summed E-state index contributed by atoms with van der Waals surface area (Å²) in [6.45, 7) is 13.9. The van der Waals surface area contributed by atoms with Crippen LogP contribution in [0, 0.1) is 5.92 Å². The summed E-state index contributed by atoms with van der Waals surface area (Å²) >= 11 is 0. The zero-order chi connectivity index (χ0) is 10.6. The first-order valence-corrected chi connectivity index (χ1v) is 5.65. The Hall–Kier alpha value is -0.0400. The highest BCUT2D eigenvalue weighted by molar-refractivity contribution is 4.90. The molecule has 0 aromatic rings. The lowest BCUT2D eigenvalue weighted by molar-refractivity contribution is 0.0345. The molecule has 1 heteroatoms. The number of rotatable bonds is 5. The average Bonchev–Trinajstić information content (AvgIpc) is 2.06. The molecule has 0 aromatic heterocycles. The zero-order valence-corrected chi connectivity index (χ0v) is 10.5. The number of nitrogens with zero attached hydrogens (tertiary/aromatic N) is 1. The van der Waals surface area contributed by atoms with Crippen LogP contribution in [0.2, 0.25) is 0 Å². The van der Waals surface area contributed by atoms with Crippen molar-refractivity contribution in [3.63, 3.8) is 0 Å². The molecule has 0 aliphatic rings. The van der Waals surface area contributed by atoms with Gasteiger partial charge in [-0.2, -0.15) is 0 Å². The van der Waals surface area contributed by atoms with E-state index in [9.17, 15) is 0 Å². The van der Waals surface area contributed by atoms with E-state index in [0.29, 0.717) is 11.6 Å². The average molecular weight is 185 g/mol. The van der Waals surface area contributed by atoms with E-state index in [1.165, 1.54) is 12.8 Å². The van der Waals surface area contributed by atoms with Crippen molar-refractivity contribution in [3.05, 3.63) is 0 Å². The van der Waals surface area contributed by atoms with Crippen LogP contribution in [0.25, 0.3) is 0 Å². The zero-order valence-electron chi connectivity index (χ0n) is 10.5. The predicted octanol–water partition coefficient (Wildman–Crippen LogP) is 3.54. The normalized spacial score (nSPS) is 13.4. The molecule has 13 heavy (non-hydrogen) atoms. The van der Waals surface area contributed by atoms with Crippen LogP contribution in [0.3, 0.4) is 0 Å². The van der Waals surface area contributed by atoms with Gasteiger partial charge < -0.3 is 0 Å². The lowest BCUT2D eigenvalue weighted by Crippen LogP contribution is -2.52. The topological polar surface area (TPSA) is 3.24 Å². The van der Waals surface area contributed by atoms with Crippen LogP contribution in [0.15, 0.2) is 0 Å². The fourth-order valence-corrected chi connectivity index (χ4v) is 2.49. The first-order chi connectivity index (χ1) is 5.92. The first-order valence-electron chi connectivity index (χ1n) is 5.65. The van der Waals surface area contributed by atoms with E-state index in [-0.39, 0.29) is 0 Å². The van der Waals surface area contributed by atoms with E-state index in [2.05, 4.69) is 53.5 Å². The Balaban J connectivity index is 4.75. The number of hydrogen-bond acceptors (Lipinski definition) is 1. The van der Waals surface area contributed by atoms with E-state index in [1.807, 2.05) is 0 Å². The maximum absolute atomic E-state index is 2.54. The van der Waals surface area contributed by atoms with Gasteiger partial charge in [0.15, 0.2) is 0 Å². The monoisotopic (exact) mass is 185 g/mol. The summed E-state index contributed by atoms with van der Waals surface area (Å²) in [5.74, 6) is 0.731. The molecule has 0 spiro atoms. The largest absolute Gasteiger partial charge is 0.298 e. The Bertz CT molecular complexity index is 134. The third-order valence-corrected chi connectivity index (χ3v) is 3.78. The second-order valence-electron chi connectivity index (χ2n) is 4.67. The molecule has 0 aliphatic carbocycles. The van der Waals surface area contributed by atoms with Gasteiger partial charge in [0.2, 0.25) is 0 Å². The molecule has 0 radical (unpaired) electrons. The van der Waals surface area contributed by atoms with E-state index in [1.54, 1.807) is 0 Å². The number of hydrogen-bond donors (Lipinski definition) is 0. The Morgan fingerprint density at radius 2 is 1.38 bits per heavy atom. The Morgan fingerprint density at radius 3 is 1.46 bits per heavy atom. The van der Waals surface area contributed by atoms with Crippen molar-refractivity contribution in [2.45, 2.75) is 66.0 Å². The van der Waals surface area contributed by atoms with E-state index < -0.39 is 0 Å². The maximum Gasteiger partial charge on any atom is 0.0226 e. The van der Waals surface area contributed by atoms with Crippen molar-refractivity contribution in [1.29, 1.82) is 0 Å². The van der Waals surface area contributed by atoms with E-state index in [0.717, 1.165) is 5.92 Å². The molecule has 0 amide bonds. The molecule has 0 saturated heterocycles. The van der Waals surface area contributed by atoms with Crippen LogP contribution in [-0.4, -0.2) is 23.5 Å². The molecule has 1 nitrogen and oxygen atoms in total. The highest BCUT2D eigenvalue weighted by Gasteiger charge is 2.35. The summed E-state index contributed by atoms with van der Waals surface area (Å²) in [6, 6.07) is 0.641. The van der Waals surface area contributed by atoms with Crippen molar-refractivity contribution in [2.75, 3.05) is 7.05 Å². The molecule has 0 rings (SSSR count). The maximum atomic E-state index is 2.54. The fourth-order valence-electron chi connectivity index (χ4n) is 2.49. The molecule has 0 heterocycles. The van der Waals surface area contributed by atoms with Crippen molar-refractivity contribution in [2.24, 2.45) is 5.92 Å². The smallest absolute Gasteiger partial charge is 0.0226 e. The van der Waals surface area contributed by atoms with Crippen molar-refractivity contribution in [1.82, 2.24) is 4.90 Å². The molecule has 0 N–H and O–H groups in total. The second-order valence-corrected chi connectivity index (χ2v) is 4.67. The Labute approximate surface area is 84.5 Å². The van der Waals surface area contributed by atoms with Crippen LogP contribution in [0.4, 0.5) is 0 Å². The Kier molecular flexibility index (Phi) is 4.98.